The fourth-order valence-corrected chi connectivity index (χ4v) is 2.98. The van der Waals surface area contributed by atoms with Crippen LogP contribution in [0.2, 0.25) is 0 Å². The predicted octanol–water partition coefficient (Wildman–Crippen LogP) is 2.26. The normalized spacial score (nSPS) is 22.4. The lowest BCUT2D eigenvalue weighted by Gasteiger charge is -2.13. The molecule has 104 valence electrons. The Labute approximate surface area is 115 Å². The van der Waals surface area contributed by atoms with E-state index in [4.69, 9.17) is 10.5 Å². The Hall–Kier alpha value is -1.27. The first-order valence-electron chi connectivity index (χ1n) is 6.14. The summed E-state index contributed by atoms with van der Waals surface area (Å²) in [6, 6.07) is 4.15. The number of hydrogen-bond donors (Lipinski definition) is 2. The van der Waals surface area contributed by atoms with Crippen molar-refractivity contribution in [2.75, 3.05) is 23.4 Å². The third-order valence-electron chi connectivity index (χ3n) is 3.01. The van der Waals surface area contributed by atoms with Crippen LogP contribution in [0.25, 0.3) is 0 Å². The lowest BCUT2D eigenvalue weighted by atomic mass is 10.2. The number of carbonyl (C=O) groups excluding carboxylic acids is 1. The Kier molecular flexibility index (Phi) is 4.66. The standard InChI is InChI=1S/C13H17FN2O2S/c1-8-12(4-5-18-8)19-7-13(17)16-9-2-3-10(14)11(15)6-9/h2-3,6,8,12H,4-5,7,15H2,1H3,(H,16,17). The highest BCUT2D eigenvalue weighted by Crippen LogP contribution is 2.26. The average molecular weight is 284 g/mol. The second kappa shape index (κ2) is 6.25. The SMILES string of the molecule is CC1OCCC1SCC(=O)Nc1ccc(F)c(N)c1. The van der Waals surface area contributed by atoms with Crippen molar-refractivity contribution in [3.63, 3.8) is 0 Å². The van der Waals surface area contributed by atoms with Crippen molar-refractivity contribution < 1.29 is 13.9 Å². The first-order chi connectivity index (χ1) is 9.06. The molecule has 0 bridgehead atoms. The molecule has 1 aromatic rings. The number of hydrogen-bond acceptors (Lipinski definition) is 4. The van der Waals surface area contributed by atoms with E-state index in [0.29, 0.717) is 16.7 Å². The molecule has 4 nitrogen and oxygen atoms in total. The van der Waals surface area contributed by atoms with Crippen molar-refractivity contribution >= 4 is 29.0 Å². The quantitative estimate of drug-likeness (QED) is 0.832. The van der Waals surface area contributed by atoms with E-state index in [1.54, 1.807) is 11.8 Å². The van der Waals surface area contributed by atoms with E-state index in [9.17, 15) is 9.18 Å². The van der Waals surface area contributed by atoms with Crippen molar-refractivity contribution in [3.05, 3.63) is 24.0 Å². The van der Waals surface area contributed by atoms with Crippen molar-refractivity contribution in [1.29, 1.82) is 0 Å². The van der Waals surface area contributed by atoms with Crippen molar-refractivity contribution in [1.82, 2.24) is 0 Å². The smallest absolute Gasteiger partial charge is 0.234 e. The fourth-order valence-electron chi connectivity index (χ4n) is 1.93. The summed E-state index contributed by atoms with van der Waals surface area (Å²) >= 11 is 1.58. The summed E-state index contributed by atoms with van der Waals surface area (Å²) in [6.07, 6.45) is 1.17. The van der Waals surface area contributed by atoms with Crippen LogP contribution in [0.3, 0.4) is 0 Å². The number of carbonyl (C=O) groups is 1. The summed E-state index contributed by atoms with van der Waals surface area (Å²) in [4.78, 5) is 11.8. The number of halogens is 1. The lowest BCUT2D eigenvalue weighted by Crippen LogP contribution is -2.20. The number of anilines is 2. The number of nitrogen functional groups attached to an aromatic ring is 1. The number of nitrogens with two attached hydrogens (primary N) is 1. The molecule has 0 radical (unpaired) electrons. The molecule has 2 atom stereocenters. The zero-order valence-electron chi connectivity index (χ0n) is 10.7. The van der Waals surface area contributed by atoms with Crippen molar-refractivity contribution in [3.8, 4) is 0 Å². The molecule has 0 aromatic heterocycles. The monoisotopic (exact) mass is 284 g/mol. The molecule has 1 aliphatic heterocycles. The van der Waals surface area contributed by atoms with Gasteiger partial charge in [-0.05, 0) is 31.5 Å². The molecular formula is C13H17FN2O2S. The van der Waals surface area contributed by atoms with Crippen LogP contribution < -0.4 is 11.1 Å². The maximum absolute atomic E-state index is 13.0. The molecule has 6 heteroatoms. The fraction of sp³-hybridized carbons (Fsp3) is 0.462. The largest absolute Gasteiger partial charge is 0.396 e. The lowest BCUT2D eigenvalue weighted by molar-refractivity contribution is -0.113. The van der Waals surface area contributed by atoms with Gasteiger partial charge in [0.1, 0.15) is 5.82 Å². The minimum Gasteiger partial charge on any atom is -0.396 e. The van der Waals surface area contributed by atoms with Gasteiger partial charge in [-0.15, -0.1) is 11.8 Å². The van der Waals surface area contributed by atoms with Crippen molar-refractivity contribution in [2.24, 2.45) is 0 Å². The van der Waals surface area contributed by atoms with Gasteiger partial charge in [0, 0.05) is 17.5 Å². The third kappa shape index (κ3) is 3.84. The topological polar surface area (TPSA) is 64.3 Å². The number of nitrogens with one attached hydrogen (secondary N) is 1. The Bertz CT molecular complexity index is 470. The zero-order valence-corrected chi connectivity index (χ0v) is 11.5. The molecule has 1 aliphatic rings. The van der Waals surface area contributed by atoms with Crippen LogP contribution in [0, 0.1) is 5.82 Å². The van der Waals surface area contributed by atoms with Gasteiger partial charge in [-0.3, -0.25) is 4.79 Å². The van der Waals surface area contributed by atoms with Gasteiger partial charge in [0.2, 0.25) is 5.91 Å². The minimum atomic E-state index is -0.482. The number of ether oxygens (including phenoxy) is 1. The first-order valence-corrected chi connectivity index (χ1v) is 7.19. The van der Waals surface area contributed by atoms with Gasteiger partial charge in [0.05, 0.1) is 17.5 Å². The van der Waals surface area contributed by atoms with Crippen LogP contribution in [0.1, 0.15) is 13.3 Å². The Morgan fingerprint density at radius 1 is 1.63 bits per heavy atom. The minimum absolute atomic E-state index is 0.0308. The van der Waals surface area contributed by atoms with E-state index in [0.717, 1.165) is 13.0 Å². The third-order valence-corrected chi connectivity index (χ3v) is 4.49. The Morgan fingerprint density at radius 3 is 3.05 bits per heavy atom. The molecule has 0 spiro atoms. The molecule has 1 saturated heterocycles. The highest BCUT2D eigenvalue weighted by molar-refractivity contribution is 8.00. The molecule has 0 aliphatic carbocycles. The highest BCUT2D eigenvalue weighted by atomic mass is 32.2. The Balaban J connectivity index is 1.82. The van der Waals surface area contributed by atoms with Crippen LogP contribution in [-0.2, 0) is 9.53 Å². The Morgan fingerprint density at radius 2 is 2.42 bits per heavy atom. The second-order valence-corrected chi connectivity index (χ2v) is 5.73. The van der Waals surface area contributed by atoms with E-state index >= 15 is 0 Å². The molecule has 2 unspecified atom stereocenters. The van der Waals surface area contributed by atoms with Crippen LogP contribution in [0.4, 0.5) is 15.8 Å². The summed E-state index contributed by atoms with van der Waals surface area (Å²) in [5.74, 6) is -0.241. The number of benzene rings is 1. The molecule has 1 aromatic carbocycles. The molecule has 1 heterocycles. The summed E-state index contributed by atoms with van der Waals surface area (Å²) in [6.45, 7) is 2.78. The first kappa shape index (κ1) is 14.1. The maximum Gasteiger partial charge on any atom is 0.234 e. The molecule has 0 saturated carbocycles. The number of amides is 1. The molecule has 19 heavy (non-hydrogen) atoms. The van der Waals surface area contributed by atoms with E-state index in [-0.39, 0.29) is 17.7 Å². The molecular weight excluding hydrogens is 267 g/mol. The van der Waals surface area contributed by atoms with Crippen LogP contribution in [0.15, 0.2) is 18.2 Å². The summed E-state index contributed by atoms with van der Waals surface area (Å²) in [5.41, 5.74) is 5.98. The molecule has 2 rings (SSSR count). The molecule has 1 amide bonds. The summed E-state index contributed by atoms with van der Waals surface area (Å²) < 4.78 is 18.4. The van der Waals surface area contributed by atoms with Gasteiger partial charge in [0.15, 0.2) is 0 Å². The van der Waals surface area contributed by atoms with Crippen LogP contribution in [0.5, 0.6) is 0 Å². The maximum atomic E-state index is 13.0. The van der Waals surface area contributed by atoms with E-state index in [2.05, 4.69) is 5.32 Å². The van der Waals surface area contributed by atoms with Gasteiger partial charge >= 0.3 is 0 Å². The van der Waals surface area contributed by atoms with Gasteiger partial charge in [0.25, 0.3) is 0 Å². The highest BCUT2D eigenvalue weighted by Gasteiger charge is 2.25. The summed E-state index contributed by atoms with van der Waals surface area (Å²) in [5, 5.41) is 3.07. The summed E-state index contributed by atoms with van der Waals surface area (Å²) in [7, 11) is 0. The second-order valence-electron chi connectivity index (χ2n) is 4.50. The van der Waals surface area contributed by atoms with Gasteiger partial charge < -0.3 is 15.8 Å². The zero-order chi connectivity index (χ0) is 13.8. The van der Waals surface area contributed by atoms with E-state index in [1.165, 1.54) is 18.2 Å². The van der Waals surface area contributed by atoms with E-state index < -0.39 is 5.82 Å². The predicted molar refractivity (Wildman–Crippen MR) is 75.7 cm³/mol. The number of rotatable bonds is 4. The van der Waals surface area contributed by atoms with Crippen LogP contribution >= 0.6 is 11.8 Å². The van der Waals surface area contributed by atoms with Crippen molar-refractivity contribution in [2.45, 2.75) is 24.7 Å². The molecule has 1 fully saturated rings. The van der Waals surface area contributed by atoms with Gasteiger partial charge in [-0.2, -0.15) is 0 Å². The van der Waals surface area contributed by atoms with Gasteiger partial charge in [-0.25, -0.2) is 4.39 Å². The average Bonchev–Trinajstić information content (AvgIpc) is 2.77. The number of thioether (sulfide) groups is 1. The van der Waals surface area contributed by atoms with Gasteiger partial charge in [-0.1, -0.05) is 0 Å². The van der Waals surface area contributed by atoms with Crippen LogP contribution in [-0.4, -0.2) is 29.6 Å². The van der Waals surface area contributed by atoms with E-state index in [1.807, 2.05) is 6.92 Å². The molecule has 3 N–H and O–H groups in total.